The number of ether oxygens (including phenoxy) is 3. The molecule has 7 nitrogen and oxygen atoms in total. The van der Waals surface area contributed by atoms with Crippen LogP contribution >= 0.6 is 0 Å². The van der Waals surface area contributed by atoms with E-state index in [-0.39, 0.29) is 18.6 Å². The largest absolute Gasteiger partial charge is 0.444 e. The van der Waals surface area contributed by atoms with Crippen molar-refractivity contribution in [3.8, 4) is 0 Å². The first kappa shape index (κ1) is 18.0. The van der Waals surface area contributed by atoms with Gasteiger partial charge in [-0.15, -0.1) is 0 Å². The topological polar surface area (TPSA) is 68.3 Å². The number of likely N-dealkylation sites (N-methyl/N-ethyl adjacent to an activating group) is 1. The van der Waals surface area contributed by atoms with Crippen molar-refractivity contribution in [3.05, 3.63) is 0 Å². The second-order valence-corrected chi connectivity index (χ2v) is 7.41. The number of hydrogen-bond acceptors (Lipinski definition) is 5. The summed E-state index contributed by atoms with van der Waals surface area (Å²) in [5, 5.41) is 0. The smallest absolute Gasteiger partial charge is 0.410 e. The SMILES string of the molecule is COCC1OC2(CCN(C(=O)OC(C)(C)C)CC2)CN(C)C1=O. The van der Waals surface area contributed by atoms with Gasteiger partial charge in [0, 0.05) is 33.8 Å². The van der Waals surface area contributed by atoms with Gasteiger partial charge in [-0.05, 0) is 33.6 Å². The lowest BCUT2D eigenvalue weighted by molar-refractivity contribution is -0.196. The van der Waals surface area contributed by atoms with E-state index in [1.54, 1.807) is 24.0 Å². The highest BCUT2D eigenvalue weighted by Crippen LogP contribution is 2.33. The van der Waals surface area contributed by atoms with Gasteiger partial charge in [0.15, 0.2) is 6.10 Å². The maximum atomic E-state index is 12.1. The van der Waals surface area contributed by atoms with Gasteiger partial charge in [0.1, 0.15) is 5.60 Å². The Morgan fingerprint density at radius 2 is 1.96 bits per heavy atom. The lowest BCUT2D eigenvalue weighted by Crippen LogP contribution is -2.62. The molecule has 0 aliphatic carbocycles. The molecule has 2 heterocycles. The minimum absolute atomic E-state index is 0.0490. The number of carbonyl (C=O) groups is 2. The normalized spacial score (nSPS) is 24.9. The number of methoxy groups -OCH3 is 1. The molecule has 2 amide bonds. The summed E-state index contributed by atoms with van der Waals surface area (Å²) in [4.78, 5) is 27.7. The van der Waals surface area contributed by atoms with E-state index >= 15 is 0 Å². The average Bonchev–Trinajstić information content (AvgIpc) is 2.43. The molecule has 2 saturated heterocycles. The molecule has 2 aliphatic rings. The summed E-state index contributed by atoms with van der Waals surface area (Å²) in [5.74, 6) is -0.0490. The van der Waals surface area contributed by atoms with Crippen LogP contribution in [0.3, 0.4) is 0 Å². The van der Waals surface area contributed by atoms with Gasteiger partial charge in [0.05, 0.1) is 12.2 Å². The van der Waals surface area contributed by atoms with E-state index < -0.39 is 17.3 Å². The van der Waals surface area contributed by atoms with Crippen LogP contribution in [-0.2, 0) is 19.0 Å². The van der Waals surface area contributed by atoms with Crippen molar-refractivity contribution in [2.45, 2.75) is 50.9 Å². The maximum Gasteiger partial charge on any atom is 0.410 e. The van der Waals surface area contributed by atoms with Crippen molar-refractivity contribution in [2.75, 3.05) is 40.4 Å². The van der Waals surface area contributed by atoms with Crippen LogP contribution in [0.25, 0.3) is 0 Å². The van der Waals surface area contributed by atoms with Crippen molar-refractivity contribution >= 4 is 12.0 Å². The molecule has 7 heteroatoms. The molecule has 0 aromatic heterocycles. The van der Waals surface area contributed by atoms with Crippen LogP contribution < -0.4 is 0 Å². The number of piperidine rings is 1. The van der Waals surface area contributed by atoms with Gasteiger partial charge in [-0.2, -0.15) is 0 Å². The van der Waals surface area contributed by atoms with Gasteiger partial charge in [-0.3, -0.25) is 4.79 Å². The molecule has 2 rings (SSSR count). The molecule has 132 valence electrons. The van der Waals surface area contributed by atoms with Gasteiger partial charge in [0.2, 0.25) is 0 Å². The summed E-state index contributed by atoms with van der Waals surface area (Å²) in [6.07, 6.45) is 0.515. The quantitative estimate of drug-likeness (QED) is 0.763. The van der Waals surface area contributed by atoms with Crippen LogP contribution in [0.4, 0.5) is 4.79 Å². The fourth-order valence-corrected chi connectivity index (χ4v) is 3.10. The van der Waals surface area contributed by atoms with E-state index in [0.29, 0.717) is 32.5 Å². The Balaban J connectivity index is 1.97. The van der Waals surface area contributed by atoms with E-state index in [1.807, 2.05) is 20.8 Å². The fraction of sp³-hybridized carbons (Fsp3) is 0.875. The van der Waals surface area contributed by atoms with Crippen LogP contribution in [0.1, 0.15) is 33.6 Å². The Morgan fingerprint density at radius 3 is 2.48 bits per heavy atom. The molecule has 0 saturated carbocycles. The molecule has 0 N–H and O–H groups in total. The fourth-order valence-electron chi connectivity index (χ4n) is 3.10. The molecule has 1 spiro atoms. The number of amides is 2. The predicted molar refractivity (Wildman–Crippen MR) is 84.2 cm³/mol. The van der Waals surface area contributed by atoms with Crippen molar-refractivity contribution in [1.29, 1.82) is 0 Å². The van der Waals surface area contributed by atoms with Gasteiger partial charge >= 0.3 is 6.09 Å². The molecule has 2 fully saturated rings. The highest BCUT2D eigenvalue weighted by atomic mass is 16.6. The third-order valence-corrected chi connectivity index (χ3v) is 4.21. The molecule has 1 atom stereocenters. The first-order valence-corrected chi connectivity index (χ1v) is 8.05. The molecule has 1 unspecified atom stereocenters. The zero-order valence-corrected chi connectivity index (χ0v) is 14.8. The van der Waals surface area contributed by atoms with Crippen LogP contribution in [0.15, 0.2) is 0 Å². The van der Waals surface area contributed by atoms with Gasteiger partial charge in [-0.25, -0.2) is 4.79 Å². The number of carbonyl (C=O) groups excluding carboxylic acids is 2. The number of rotatable bonds is 2. The number of likely N-dealkylation sites (tertiary alicyclic amines) is 1. The van der Waals surface area contributed by atoms with Crippen LogP contribution in [0.2, 0.25) is 0 Å². The van der Waals surface area contributed by atoms with E-state index in [2.05, 4.69) is 0 Å². The summed E-state index contributed by atoms with van der Waals surface area (Å²) in [6, 6.07) is 0. The van der Waals surface area contributed by atoms with E-state index in [9.17, 15) is 9.59 Å². The minimum Gasteiger partial charge on any atom is -0.444 e. The van der Waals surface area contributed by atoms with E-state index in [4.69, 9.17) is 14.2 Å². The first-order chi connectivity index (χ1) is 10.7. The number of nitrogens with zero attached hydrogens (tertiary/aromatic N) is 2. The molecular formula is C16H28N2O5. The molecule has 2 aliphatic heterocycles. The van der Waals surface area contributed by atoms with Crippen LogP contribution in [0.5, 0.6) is 0 Å². The molecule has 0 radical (unpaired) electrons. The van der Waals surface area contributed by atoms with Gasteiger partial charge < -0.3 is 24.0 Å². The Hall–Kier alpha value is -1.34. The molecule has 0 aromatic rings. The molecule has 0 bridgehead atoms. The van der Waals surface area contributed by atoms with E-state index in [1.165, 1.54) is 0 Å². The number of morpholine rings is 1. The maximum absolute atomic E-state index is 12.1. The summed E-state index contributed by atoms with van der Waals surface area (Å²) in [6.45, 7) is 7.51. The highest BCUT2D eigenvalue weighted by Gasteiger charge is 2.46. The molecule has 23 heavy (non-hydrogen) atoms. The van der Waals surface area contributed by atoms with E-state index in [0.717, 1.165) is 0 Å². The zero-order valence-electron chi connectivity index (χ0n) is 14.8. The van der Waals surface area contributed by atoms with Gasteiger partial charge in [0.25, 0.3) is 5.91 Å². The molecular weight excluding hydrogens is 300 g/mol. The standard InChI is InChI=1S/C16H28N2O5/c1-15(2,3)23-14(20)18-8-6-16(7-9-18)11-17(4)13(19)12(22-16)10-21-5/h12H,6-11H2,1-5H3. The summed E-state index contributed by atoms with van der Waals surface area (Å²) in [5.41, 5.74) is -0.895. The predicted octanol–water partition coefficient (Wildman–Crippen LogP) is 1.26. The first-order valence-electron chi connectivity index (χ1n) is 8.05. The van der Waals surface area contributed by atoms with Gasteiger partial charge in [-0.1, -0.05) is 0 Å². The third kappa shape index (κ3) is 4.35. The third-order valence-electron chi connectivity index (χ3n) is 4.21. The lowest BCUT2D eigenvalue weighted by Gasteiger charge is -2.48. The Labute approximate surface area is 137 Å². The monoisotopic (exact) mass is 328 g/mol. The van der Waals surface area contributed by atoms with Crippen molar-refractivity contribution in [2.24, 2.45) is 0 Å². The highest BCUT2D eigenvalue weighted by molar-refractivity contribution is 5.81. The lowest BCUT2D eigenvalue weighted by atomic mass is 9.88. The van der Waals surface area contributed by atoms with Crippen molar-refractivity contribution in [1.82, 2.24) is 9.80 Å². The Bertz CT molecular complexity index is 452. The van der Waals surface area contributed by atoms with Crippen LogP contribution in [-0.4, -0.2) is 79.5 Å². The summed E-state index contributed by atoms with van der Waals surface area (Å²) >= 11 is 0. The zero-order chi connectivity index (χ0) is 17.3. The second-order valence-electron chi connectivity index (χ2n) is 7.41. The Kier molecular flexibility index (Phi) is 5.20. The summed E-state index contributed by atoms with van der Waals surface area (Å²) in [7, 11) is 3.35. The van der Waals surface area contributed by atoms with Crippen LogP contribution in [0, 0.1) is 0 Å². The minimum atomic E-state index is -0.563. The Morgan fingerprint density at radius 1 is 1.35 bits per heavy atom. The van der Waals surface area contributed by atoms with Crippen molar-refractivity contribution in [3.63, 3.8) is 0 Å². The molecule has 0 aromatic carbocycles. The second kappa shape index (κ2) is 6.65. The number of hydrogen-bond donors (Lipinski definition) is 0. The summed E-state index contributed by atoms with van der Waals surface area (Å²) < 4.78 is 16.6. The van der Waals surface area contributed by atoms with Crippen molar-refractivity contribution < 1.29 is 23.8 Å². The average molecular weight is 328 g/mol.